The normalized spacial score (nSPS) is 22.3. The Morgan fingerprint density at radius 3 is 2.54 bits per heavy atom. The largest absolute Gasteiger partial charge is 0.487 e. The zero-order valence-electron chi connectivity index (χ0n) is 16.1. The molecule has 2 unspecified atom stereocenters. The lowest BCUT2D eigenvalue weighted by Gasteiger charge is -2.48. The zero-order chi connectivity index (χ0) is 19.7. The van der Waals surface area contributed by atoms with Crippen molar-refractivity contribution < 1.29 is 19.0 Å². The molecule has 5 heteroatoms. The number of likely N-dealkylation sites (tertiary alicyclic amines) is 1. The molecule has 0 bridgehead atoms. The molecule has 2 aliphatic rings. The maximum Gasteiger partial charge on any atom is 0.320 e. The van der Waals surface area contributed by atoms with E-state index in [2.05, 4.69) is 11.0 Å². The van der Waals surface area contributed by atoms with Crippen LogP contribution in [0.1, 0.15) is 49.7 Å². The molecular formula is C23H26FNO3. The van der Waals surface area contributed by atoms with E-state index < -0.39 is 12.0 Å². The van der Waals surface area contributed by atoms with Crippen LogP contribution in [0.4, 0.5) is 4.39 Å². The van der Waals surface area contributed by atoms with Gasteiger partial charge in [-0.2, -0.15) is 0 Å². The fourth-order valence-electron chi connectivity index (χ4n) is 4.75. The summed E-state index contributed by atoms with van der Waals surface area (Å²) in [5, 5.41) is 9.47. The molecule has 0 amide bonds. The summed E-state index contributed by atoms with van der Waals surface area (Å²) in [6.07, 6.45) is 3.02. The zero-order valence-corrected chi connectivity index (χ0v) is 16.1. The molecule has 28 heavy (non-hydrogen) atoms. The molecule has 0 saturated carbocycles. The lowest BCUT2D eigenvalue weighted by Crippen LogP contribution is -2.54. The molecule has 148 valence electrons. The lowest BCUT2D eigenvalue weighted by atomic mass is 9.74. The molecule has 2 heterocycles. The summed E-state index contributed by atoms with van der Waals surface area (Å²) in [4.78, 5) is 13.6. The second kappa shape index (κ2) is 7.55. The molecule has 1 fully saturated rings. The van der Waals surface area contributed by atoms with Crippen LogP contribution in [-0.2, 0) is 4.79 Å². The van der Waals surface area contributed by atoms with Crippen molar-refractivity contribution in [2.45, 2.75) is 50.2 Å². The Kier molecular flexibility index (Phi) is 5.11. The fourth-order valence-corrected chi connectivity index (χ4v) is 4.75. The number of benzene rings is 2. The highest BCUT2D eigenvalue weighted by molar-refractivity contribution is 5.73. The third-order valence-electron chi connectivity index (χ3n) is 6.29. The molecule has 2 aromatic rings. The maximum absolute atomic E-state index is 13.4. The molecule has 4 rings (SSSR count). The van der Waals surface area contributed by atoms with Crippen molar-refractivity contribution in [1.29, 1.82) is 0 Å². The number of ether oxygens (including phenoxy) is 1. The van der Waals surface area contributed by atoms with E-state index in [1.54, 1.807) is 0 Å². The number of carbonyl (C=O) groups is 1. The second-order valence-electron chi connectivity index (χ2n) is 7.93. The first-order valence-corrected chi connectivity index (χ1v) is 10.0. The highest BCUT2D eigenvalue weighted by Gasteiger charge is 2.44. The molecule has 4 nitrogen and oxygen atoms in total. The Hall–Kier alpha value is -2.40. The summed E-state index contributed by atoms with van der Waals surface area (Å²) >= 11 is 0. The molecular weight excluding hydrogens is 357 g/mol. The highest BCUT2D eigenvalue weighted by Crippen LogP contribution is 2.48. The van der Waals surface area contributed by atoms with Crippen LogP contribution >= 0.6 is 0 Å². The lowest BCUT2D eigenvalue weighted by molar-refractivity contribution is -0.145. The van der Waals surface area contributed by atoms with Crippen molar-refractivity contribution in [3.8, 4) is 5.75 Å². The Morgan fingerprint density at radius 1 is 1.21 bits per heavy atom. The molecule has 2 atom stereocenters. The first-order chi connectivity index (χ1) is 13.5. The van der Waals surface area contributed by atoms with E-state index in [1.165, 1.54) is 12.1 Å². The molecule has 0 radical (unpaired) electrons. The number of para-hydroxylation sites is 1. The average molecular weight is 383 g/mol. The quantitative estimate of drug-likeness (QED) is 0.848. The molecule has 2 aliphatic heterocycles. The van der Waals surface area contributed by atoms with Gasteiger partial charge >= 0.3 is 5.97 Å². The van der Waals surface area contributed by atoms with Crippen LogP contribution < -0.4 is 4.74 Å². The minimum atomic E-state index is -0.752. The van der Waals surface area contributed by atoms with Crippen LogP contribution in [0.15, 0.2) is 48.5 Å². The number of hydrogen-bond donors (Lipinski definition) is 1. The SMILES string of the molecule is CCC(C(=O)O)N1CCC2(CC1)CC(c1ccc(F)cc1)c1ccccc1O2. The molecule has 1 spiro atoms. The van der Waals surface area contributed by atoms with E-state index >= 15 is 0 Å². The highest BCUT2D eigenvalue weighted by atomic mass is 19.1. The smallest absolute Gasteiger partial charge is 0.320 e. The van der Waals surface area contributed by atoms with Crippen LogP contribution in [0, 0.1) is 5.82 Å². The van der Waals surface area contributed by atoms with E-state index in [0.29, 0.717) is 19.5 Å². The van der Waals surface area contributed by atoms with Gasteiger partial charge in [-0.1, -0.05) is 37.3 Å². The summed E-state index contributed by atoms with van der Waals surface area (Å²) in [7, 11) is 0. The topological polar surface area (TPSA) is 49.8 Å². The van der Waals surface area contributed by atoms with Gasteiger partial charge in [-0.15, -0.1) is 0 Å². The van der Waals surface area contributed by atoms with Gasteiger partial charge in [-0.05, 0) is 49.4 Å². The monoisotopic (exact) mass is 383 g/mol. The maximum atomic E-state index is 13.4. The Balaban J connectivity index is 1.60. The number of carboxylic acid groups (broad SMARTS) is 1. The van der Waals surface area contributed by atoms with Gasteiger partial charge in [0.2, 0.25) is 0 Å². The number of aliphatic carboxylic acids is 1. The van der Waals surface area contributed by atoms with Gasteiger partial charge in [0.25, 0.3) is 0 Å². The Morgan fingerprint density at radius 2 is 1.89 bits per heavy atom. The summed E-state index contributed by atoms with van der Waals surface area (Å²) in [6.45, 7) is 3.34. The molecule has 1 N–H and O–H groups in total. The van der Waals surface area contributed by atoms with Gasteiger partial charge < -0.3 is 9.84 Å². The summed E-state index contributed by atoms with van der Waals surface area (Å²) in [5.74, 6) is 0.0595. The van der Waals surface area contributed by atoms with E-state index in [1.807, 2.05) is 37.3 Å². The van der Waals surface area contributed by atoms with E-state index in [9.17, 15) is 14.3 Å². The number of hydrogen-bond acceptors (Lipinski definition) is 3. The molecule has 0 aromatic heterocycles. The number of fused-ring (bicyclic) bond motifs is 1. The van der Waals surface area contributed by atoms with Crippen LogP contribution in [0.3, 0.4) is 0 Å². The number of rotatable bonds is 4. The van der Waals surface area contributed by atoms with Crippen molar-refractivity contribution in [3.05, 3.63) is 65.5 Å². The van der Waals surface area contributed by atoms with Gasteiger partial charge in [-0.25, -0.2) is 4.39 Å². The van der Waals surface area contributed by atoms with Gasteiger partial charge in [-0.3, -0.25) is 9.69 Å². The number of halogens is 1. The van der Waals surface area contributed by atoms with Gasteiger partial charge in [0, 0.05) is 24.6 Å². The summed E-state index contributed by atoms with van der Waals surface area (Å²) in [5.41, 5.74) is 1.93. The number of piperidine rings is 1. The fraction of sp³-hybridized carbons (Fsp3) is 0.435. The van der Waals surface area contributed by atoms with Crippen LogP contribution in [0.5, 0.6) is 5.75 Å². The van der Waals surface area contributed by atoms with E-state index in [0.717, 1.165) is 36.1 Å². The van der Waals surface area contributed by atoms with Gasteiger partial charge in [0.05, 0.1) is 0 Å². The van der Waals surface area contributed by atoms with Crippen molar-refractivity contribution in [3.63, 3.8) is 0 Å². The first kappa shape index (κ1) is 18.9. The van der Waals surface area contributed by atoms with Crippen molar-refractivity contribution in [2.75, 3.05) is 13.1 Å². The standard InChI is InChI=1S/C23H26FNO3/c1-2-20(22(26)27)25-13-11-23(12-14-25)15-19(16-7-9-17(24)10-8-16)18-5-3-4-6-21(18)28-23/h3-10,19-20H,2,11-15H2,1H3,(H,26,27). The predicted octanol–water partition coefficient (Wildman–Crippen LogP) is 4.44. The molecule has 1 saturated heterocycles. The second-order valence-corrected chi connectivity index (χ2v) is 7.93. The number of carboxylic acids is 1. The van der Waals surface area contributed by atoms with Crippen molar-refractivity contribution in [2.24, 2.45) is 0 Å². The number of nitrogens with zero attached hydrogens (tertiary/aromatic N) is 1. The average Bonchev–Trinajstić information content (AvgIpc) is 2.70. The third kappa shape index (κ3) is 3.51. The van der Waals surface area contributed by atoms with Gasteiger partial charge in [0.15, 0.2) is 0 Å². The first-order valence-electron chi connectivity index (χ1n) is 10.0. The van der Waals surface area contributed by atoms with Crippen molar-refractivity contribution in [1.82, 2.24) is 4.90 Å². The summed E-state index contributed by atoms with van der Waals surface area (Å²) < 4.78 is 19.9. The molecule has 0 aliphatic carbocycles. The van der Waals surface area contributed by atoms with Gasteiger partial charge in [0.1, 0.15) is 23.2 Å². The minimum Gasteiger partial charge on any atom is -0.487 e. The van der Waals surface area contributed by atoms with Crippen molar-refractivity contribution >= 4 is 5.97 Å². The molecule has 2 aromatic carbocycles. The van der Waals surface area contributed by atoms with Crippen LogP contribution in [-0.4, -0.2) is 40.7 Å². The minimum absolute atomic E-state index is 0.151. The Bertz CT molecular complexity index is 843. The van der Waals surface area contributed by atoms with E-state index in [4.69, 9.17) is 4.74 Å². The van der Waals surface area contributed by atoms with Crippen LogP contribution in [0.25, 0.3) is 0 Å². The van der Waals surface area contributed by atoms with E-state index in [-0.39, 0.29) is 17.3 Å². The summed E-state index contributed by atoms with van der Waals surface area (Å²) in [6, 6.07) is 14.4. The Labute approximate surface area is 164 Å². The predicted molar refractivity (Wildman–Crippen MR) is 105 cm³/mol. The van der Waals surface area contributed by atoms with Crippen LogP contribution in [0.2, 0.25) is 0 Å². The third-order valence-corrected chi connectivity index (χ3v) is 6.29.